The summed E-state index contributed by atoms with van der Waals surface area (Å²) in [4.78, 5) is 5.81. The Labute approximate surface area is 192 Å². The molecule has 0 spiro atoms. The molecule has 0 atom stereocenters. The van der Waals surface area contributed by atoms with Gasteiger partial charge in [-0.15, -0.1) is 11.8 Å². The van der Waals surface area contributed by atoms with Crippen molar-refractivity contribution in [1.82, 2.24) is 9.80 Å². The van der Waals surface area contributed by atoms with Crippen LogP contribution < -0.4 is 0 Å². The minimum atomic E-state index is 0.732. The molecular weight excluding hydrogens is 439 g/mol. The van der Waals surface area contributed by atoms with Crippen molar-refractivity contribution >= 4 is 35.0 Å². The first-order chi connectivity index (χ1) is 14.7. The molecule has 30 heavy (non-hydrogen) atoms. The standard InChI is InChI=1S/C23H26Cl2N2O2S/c24-19-7-8-20(25)22(15-19)30-14-4-9-26-10-12-27(13-11-26)23-17-28-21(16-29-23)18-5-2-1-3-6-18/h1-2,5,7-8,15-17H,3-4,6,9-14H2. The van der Waals surface area contributed by atoms with E-state index in [1.165, 1.54) is 5.57 Å². The van der Waals surface area contributed by atoms with Gasteiger partial charge in [-0.3, -0.25) is 4.90 Å². The Morgan fingerprint density at radius 2 is 1.90 bits per heavy atom. The number of piperazine rings is 1. The van der Waals surface area contributed by atoms with E-state index in [-0.39, 0.29) is 0 Å². The van der Waals surface area contributed by atoms with E-state index in [1.807, 2.05) is 18.2 Å². The van der Waals surface area contributed by atoms with Crippen molar-refractivity contribution in [1.29, 1.82) is 0 Å². The summed E-state index contributed by atoms with van der Waals surface area (Å²) in [5.41, 5.74) is 1.19. The Kier molecular flexibility index (Phi) is 7.72. The highest BCUT2D eigenvalue weighted by atomic mass is 35.5. The first-order valence-electron chi connectivity index (χ1n) is 10.3. The summed E-state index contributed by atoms with van der Waals surface area (Å²) in [5, 5.41) is 1.50. The summed E-state index contributed by atoms with van der Waals surface area (Å²) >= 11 is 14.1. The van der Waals surface area contributed by atoms with E-state index in [1.54, 1.807) is 24.3 Å². The fourth-order valence-electron chi connectivity index (χ4n) is 3.64. The molecule has 4 nitrogen and oxygen atoms in total. The zero-order chi connectivity index (χ0) is 20.8. The lowest BCUT2D eigenvalue weighted by atomic mass is 10.0. The molecule has 0 saturated carbocycles. The van der Waals surface area contributed by atoms with Crippen molar-refractivity contribution in [2.24, 2.45) is 0 Å². The maximum Gasteiger partial charge on any atom is 0.231 e. The lowest BCUT2D eigenvalue weighted by Crippen LogP contribution is -2.46. The number of rotatable bonds is 7. The second-order valence-corrected chi connectivity index (χ2v) is 9.42. The second kappa shape index (κ2) is 10.7. The summed E-state index contributed by atoms with van der Waals surface area (Å²) in [7, 11) is 0. The van der Waals surface area contributed by atoms with Crippen LogP contribution in [0.2, 0.25) is 10.0 Å². The van der Waals surface area contributed by atoms with Crippen molar-refractivity contribution in [2.75, 3.05) is 38.5 Å². The average Bonchev–Trinajstić information content (AvgIpc) is 2.80. The highest BCUT2D eigenvalue weighted by Crippen LogP contribution is 2.30. The second-order valence-electron chi connectivity index (χ2n) is 7.44. The molecule has 0 N–H and O–H groups in total. The number of hydrogen-bond donors (Lipinski definition) is 0. The normalized spacial score (nSPS) is 19.5. The zero-order valence-electron chi connectivity index (χ0n) is 16.9. The molecule has 1 aliphatic carbocycles. The molecule has 2 aliphatic heterocycles. The fraction of sp³-hybridized carbons (Fsp3) is 0.391. The van der Waals surface area contributed by atoms with Gasteiger partial charge in [0.25, 0.3) is 0 Å². The fourth-order valence-corrected chi connectivity index (χ4v) is 5.07. The van der Waals surface area contributed by atoms with Crippen LogP contribution in [0.15, 0.2) is 71.1 Å². The van der Waals surface area contributed by atoms with Gasteiger partial charge < -0.3 is 14.4 Å². The molecule has 0 radical (unpaired) electrons. The number of thioether (sulfide) groups is 1. The van der Waals surface area contributed by atoms with E-state index < -0.39 is 0 Å². The first-order valence-corrected chi connectivity index (χ1v) is 12.1. The third-order valence-corrected chi connectivity index (χ3v) is 7.18. The van der Waals surface area contributed by atoms with Gasteiger partial charge in [0.15, 0.2) is 12.0 Å². The van der Waals surface area contributed by atoms with Crippen molar-refractivity contribution in [3.05, 3.63) is 76.2 Å². The molecule has 0 amide bonds. The van der Waals surface area contributed by atoms with E-state index in [0.717, 1.165) is 84.3 Å². The largest absolute Gasteiger partial charge is 0.456 e. The molecule has 1 aromatic carbocycles. The van der Waals surface area contributed by atoms with Gasteiger partial charge in [0.1, 0.15) is 6.26 Å². The van der Waals surface area contributed by atoms with Crippen molar-refractivity contribution in [3.63, 3.8) is 0 Å². The number of benzene rings is 1. The van der Waals surface area contributed by atoms with Gasteiger partial charge in [-0.05, 0) is 55.3 Å². The van der Waals surface area contributed by atoms with Crippen LogP contribution in [-0.4, -0.2) is 48.3 Å². The molecule has 4 rings (SSSR count). The maximum absolute atomic E-state index is 6.23. The number of allylic oxidation sites excluding steroid dienone is 4. The average molecular weight is 465 g/mol. The molecule has 160 valence electrons. The van der Waals surface area contributed by atoms with E-state index >= 15 is 0 Å². The SMILES string of the molecule is Clc1ccc(Cl)c(SCCCN2CCN(C3=COC(C4=CC=CCC4)=CO3)CC2)c1. The van der Waals surface area contributed by atoms with Crippen LogP contribution in [0.25, 0.3) is 0 Å². The Morgan fingerprint density at radius 3 is 2.63 bits per heavy atom. The Hall–Kier alpha value is -1.53. The van der Waals surface area contributed by atoms with Crippen LogP contribution in [0.1, 0.15) is 19.3 Å². The molecule has 2 heterocycles. The van der Waals surface area contributed by atoms with Gasteiger partial charge in [0, 0.05) is 36.1 Å². The van der Waals surface area contributed by atoms with Gasteiger partial charge in [-0.1, -0.05) is 41.4 Å². The number of nitrogens with zero attached hydrogens (tertiary/aromatic N) is 2. The number of ether oxygens (including phenoxy) is 2. The summed E-state index contributed by atoms with van der Waals surface area (Å²) in [5.74, 6) is 2.65. The smallest absolute Gasteiger partial charge is 0.231 e. The van der Waals surface area contributed by atoms with Gasteiger partial charge in [0.2, 0.25) is 5.88 Å². The predicted molar refractivity (Wildman–Crippen MR) is 125 cm³/mol. The minimum absolute atomic E-state index is 0.732. The molecule has 0 aromatic heterocycles. The van der Waals surface area contributed by atoms with Crippen LogP contribution in [-0.2, 0) is 9.47 Å². The zero-order valence-corrected chi connectivity index (χ0v) is 19.2. The quantitative estimate of drug-likeness (QED) is 0.360. The Morgan fingerprint density at radius 1 is 1.03 bits per heavy atom. The molecule has 3 aliphatic rings. The highest BCUT2D eigenvalue weighted by Gasteiger charge is 2.22. The lowest BCUT2D eigenvalue weighted by Gasteiger charge is -2.36. The van der Waals surface area contributed by atoms with Crippen LogP contribution in [0.3, 0.4) is 0 Å². The first kappa shape index (κ1) is 21.7. The third kappa shape index (κ3) is 5.79. The van der Waals surface area contributed by atoms with Crippen LogP contribution in [0.4, 0.5) is 0 Å². The maximum atomic E-state index is 6.23. The molecule has 1 aromatic rings. The number of hydrogen-bond acceptors (Lipinski definition) is 5. The van der Waals surface area contributed by atoms with E-state index in [0.29, 0.717) is 0 Å². The van der Waals surface area contributed by atoms with Crippen molar-refractivity contribution in [2.45, 2.75) is 24.2 Å². The van der Waals surface area contributed by atoms with Gasteiger partial charge >= 0.3 is 0 Å². The monoisotopic (exact) mass is 464 g/mol. The van der Waals surface area contributed by atoms with E-state index in [2.05, 4.69) is 28.0 Å². The Bertz CT molecular complexity index is 874. The molecular formula is C23H26Cl2N2O2S. The van der Waals surface area contributed by atoms with Gasteiger partial charge in [-0.2, -0.15) is 0 Å². The molecule has 1 fully saturated rings. The molecule has 1 saturated heterocycles. The summed E-state index contributed by atoms with van der Waals surface area (Å²) in [6.07, 6.45) is 13.0. The van der Waals surface area contributed by atoms with Crippen molar-refractivity contribution in [3.8, 4) is 0 Å². The highest BCUT2D eigenvalue weighted by molar-refractivity contribution is 7.99. The Balaban J connectivity index is 1.16. The van der Waals surface area contributed by atoms with Crippen molar-refractivity contribution < 1.29 is 9.47 Å². The van der Waals surface area contributed by atoms with Crippen LogP contribution in [0.5, 0.6) is 0 Å². The van der Waals surface area contributed by atoms with Crippen LogP contribution >= 0.6 is 35.0 Å². The lowest BCUT2D eigenvalue weighted by molar-refractivity contribution is 0.0848. The summed E-state index contributed by atoms with van der Waals surface area (Å²) < 4.78 is 11.7. The van der Waals surface area contributed by atoms with Gasteiger partial charge in [-0.25, -0.2) is 0 Å². The van der Waals surface area contributed by atoms with E-state index in [4.69, 9.17) is 32.7 Å². The summed E-state index contributed by atoms with van der Waals surface area (Å²) in [6, 6.07) is 5.62. The molecule has 0 unspecified atom stereocenters. The predicted octanol–water partition coefficient (Wildman–Crippen LogP) is 6.06. The topological polar surface area (TPSA) is 24.9 Å². The minimum Gasteiger partial charge on any atom is -0.456 e. The van der Waals surface area contributed by atoms with Gasteiger partial charge in [0.05, 0.1) is 5.02 Å². The van der Waals surface area contributed by atoms with Crippen LogP contribution in [0, 0.1) is 0 Å². The third-order valence-electron chi connectivity index (χ3n) is 5.36. The molecule has 0 bridgehead atoms. The molecule has 7 heteroatoms. The summed E-state index contributed by atoms with van der Waals surface area (Å²) in [6.45, 7) is 5.01. The number of halogens is 2. The van der Waals surface area contributed by atoms with E-state index in [9.17, 15) is 0 Å².